The molecule has 1 unspecified atom stereocenters. The zero-order chi connectivity index (χ0) is 19.4. The highest BCUT2D eigenvalue weighted by molar-refractivity contribution is 8.14. The summed E-state index contributed by atoms with van der Waals surface area (Å²) < 4.78 is 14.3. The summed E-state index contributed by atoms with van der Waals surface area (Å²) in [7, 11) is 0. The highest BCUT2D eigenvalue weighted by Crippen LogP contribution is 2.17. The van der Waals surface area contributed by atoms with Crippen LogP contribution in [0.5, 0.6) is 0 Å². The number of esters is 2. The van der Waals surface area contributed by atoms with Crippen LogP contribution in [-0.4, -0.2) is 66.2 Å². The Morgan fingerprint density at radius 3 is 2.35 bits per heavy atom. The Morgan fingerprint density at radius 2 is 1.69 bits per heavy atom. The first-order chi connectivity index (χ1) is 12.4. The van der Waals surface area contributed by atoms with Gasteiger partial charge in [0.1, 0.15) is 12.4 Å². The maximum atomic E-state index is 12.0. The molecule has 0 saturated carbocycles. The lowest BCUT2D eigenvalue weighted by Crippen LogP contribution is -2.33. The van der Waals surface area contributed by atoms with Gasteiger partial charge in [0.05, 0.1) is 11.7 Å². The number of carbonyl (C=O) groups excluding carboxylic acids is 4. The molecule has 0 amide bonds. The van der Waals surface area contributed by atoms with E-state index in [1.165, 1.54) is 26.2 Å². The van der Waals surface area contributed by atoms with Crippen LogP contribution < -0.4 is 0 Å². The topological polar surface area (TPSA) is 99.2 Å². The van der Waals surface area contributed by atoms with Crippen LogP contribution in [-0.2, 0) is 28.6 Å². The van der Waals surface area contributed by atoms with Gasteiger partial charge in [0.25, 0.3) is 0 Å². The summed E-state index contributed by atoms with van der Waals surface area (Å²) in [6, 6.07) is 0. The second-order valence-corrected chi connectivity index (χ2v) is 7.27. The van der Waals surface area contributed by atoms with E-state index < -0.39 is 29.3 Å². The zero-order valence-electron chi connectivity index (χ0n) is 15.4. The lowest BCUT2D eigenvalue weighted by atomic mass is 10.1. The van der Waals surface area contributed by atoms with Crippen LogP contribution in [0.4, 0.5) is 4.79 Å². The van der Waals surface area contributed by atoms with E-state index in [4.69, 9.17) is 4.74 Å². The number of ether oxygens (including phenoxy) is 3. The molecule has 1 rings (SSSR count). The molecule has 0 bridgehead atoms. The molecule has 1 aliphatic rings. The number of piperidine rings is 1. The number of ketones is 1. The van der Waals surface area contributed by atoms with Gasteiger partial charge in [-0.1, -0.05) is 6.42 Å². The van der Waals surface area contributed by atoms with Gasteiger partial charge in [0.2, 0.25) is 6.79 Å². The Bertz CT molecular complexity index is 492. The minimum atomic E-state index is -0.712. The van der Waals surface area contributed by atoms with Gasteiger partial charge in [-0.3, -0.25) is 19.3 Å². The van der Waals surface area contributed by atoms with Crippen molar-refractivity contribution in [2.24, 2.45) is 0 Å². The molecule has 1 atom stereocenters. The summed E-state index contributed by atoms with van der Waals surface area (Å²) in [6.45, 7) is 5.41. The molecule has 26 heavy (non-hydrogen) atoms. The molecule has 148 valence electrons. The van der Waals surface area contributed by atoms with E-state index in [9.17, 15) is 19.2 Å². The van der Waals surface area contributed by atoms with Crippen molar-refractivity contribution >= 4 is 34.8 Å². The van der Waals surface area contributed by atoms with Gasteiger partial charge in [0, 0.05) is 19.9 Å². The first-order valence-electron chi connectivity index (χ1n) is 8.76. The van der Waals surface area contributed by atoms with Crippen LogP contribution >= 0.6 is 11.8 Å². The quantitative estimate of drug-likeness (QED) is 0.411. The lowest BCUT2D eigenvalue weighted by Gasteiger charge is -2.25. The van der Waals surface area contributed by atoms with Crippen molar-refractivity contribution in [2.75, 3.05) is 33.0 Å². The second kappa shape index (κ2) is 12.7. The number of carbonyl (C=O) groups is 4. The molecule has 0 N–H and O–H groups in total. The second-order valence-electron chi connectivity index (χ2n) is 6.00. The fraction of sp³-hybridized carbons (Fsp3) is 0.765. The molecule has 1 saturated heterocycles. The van der Waals surface area contributed by atoms with Crippen molar-refractivity contribution in [3.63, 3.8) is 0 Å². The van der Waals surface area contributed by atoms with Crippen LogP contribution in [0.25, 0.3) is 0 Å². The van der Waals surface area contributed by atoms with Crippen molar-refractivity contribution < 1.29 is 33.4 Å². The smallest absolute Gasteiger partial charge is 0.370 e. The SMILES string of the molecule is CC(=O)OCOC(=O)SC(C)C(=O)CCC(=O)OCCN1CCCCC1. The van der Waals surface area contributed by atoms with E-state index in [1.807, 2.05) is 0 Å². The molecule has 0 aromatic carbocycles. The van der Waals surface area contributed by atoms with Crippen LogP contribution in [0, 0.1) is 0 Å². The van der Waals surface area contributed by atoms with E-state index >= 15 is 0 Å². The lowest BCUT2D eigenvalue weighted by molar-refractivity contribution is -0.148. The van der Waals surface area contributed by atoms with Crippen LogP contribution in [0.2, 0.25) is 0 Å². The summed E-state index contributed by atoms with van der Waals surface area (Å²) >= 11 is 0.687. The maximum Gasteiger partial charge on any atom is 0.370 e. The van der Waals surface area contributed by atoms with E-state index in [1.54, 1.807) is 6.92 Å². The standard InChI is InChI=1S/C17H27NO7S/c1-13(26-17(22)25-12-24-14(2)19)15(20)6-7-16(21)23-11-10-18-8-4-3-5-9-18/h13H,3-12H2,1-2H3. The Morgan fingerprint density at radius 1 is 1.00 bits per heavy atom. The van der Waals surface area contributed by atoms with E-state index in [0.717, 1.165) is 19.6 Å². The largest absolute Gasteiger partial charge is 0.464 e. The maximum absolute atomic E-state index is 12.0. The Balaban J connectivity index is 2.11. The van der Waals surface area contributed by atoms with Crippen molar-refractivity contribution in [2.45, 2.75) is 51.2 Å². The normalized spacial score (nSPS) is 15.8. The Labute approximate surface area is 157 Å². The molecule has 0 aliphatic carbocycles. The van der Waals surface area contributed by atoms with Gasteiger partial charge in [0.15, 0.2) is 0 Å². The molecule has 1 heterocycles. The third-order valence-electron chi connectivity index (χ3n) is 3.86. The summed E-state index contributed by atoms with van der Waals surface area (Å²) in [4.78, 5) is 47.9. The summed E-state index contributed by atoms with van der Waals surface area (Å²) in [5.41, 5.74) is 0. The van der Waals surface area contributed by atoms with Crippen molar-refractivity contribution in [3.8, 4) is 0 Å². The van der Waals surface area contributed by atoms with Gasteiger partial charge in [-0.25, -0.2) is 4.79 Å². The predicted molar refractivity (Wildman–Crippen MR) is 95.7 cm³/mol. The zero-order valence-corrected chi connectivity index (χ0v) is 16.2. The molecule has 0 aromatic heterocycles. The van der Waals surface area contributed by atoms with Gasteiger partial charge in [-0.15, -0.1) is 0 Å². The summed E-state index contributed by atoms with van der Waals surface area (Å²) in [5, 5.41) is -1.36. The number of Topliss-reactive ketones (excluding diaryl/α,β-unsaturated/α-hetero) is 1. The van der Waals surface area contributed by atoms with Crippen molar-refractivity contribution in [1.29, 1.82) is 0 Å². The molecule has 9 heteroatoms. The van der Waals surface area contributed by atoms with Crippen molar-refractivity contribution in [1.82, 2.24) is 4.90 Å². The number of hydrogen-bond donors (Lipinski definition) is 0. The van der Waals surface area contributed by atoms with Gasteiger partial charge < -0.3 is 14.2 Å². The van der Waals surface area contributed by atoms with Crippen molar-refractivity contribution in [3.05, 3.63) is 0 Å². The molecular formula is C17H27NO7S. The number of rotatable bonds is 10. The fourth-order valence-electron chi connectivity index (χ4n) is 2.38. The molecule has 0 aromatic rings. The average molecular weight is 389 g/mol. The highest BCUT2D eigenvalue weighted by Gasteiger charge is 2.20. The van der Waals surface area contributed by atoms with E-state index in [-0.39, 0.29) is 18.6 Å². The number of likely N-dealkylation sites (tertiary alicyclic amines) is 1. The molecule has 0 radical (unpaired) electrons. The molecule has 8 nitrogen and oxygen atoms in total. The Hall–Kier alpha value is -1.61. The molecule has 1 fully saturated rings. The van der Waals surface area contributed by atoms with Crippen LogP contribution in [0.15, 0.2) is 0 Å². The van der Waals surface area contributed by atoms with Gasteiger partial charge in [-0.05, 0) is 44.6 Å². The third kappa shape index (κ3) is 10.4. The number of hydrogen-bond acceptors (Lipinski definition) is 9. The molecule has 0 spiro atoms. The highest BCUT2D eigenvalue weighted by atomic mass is 32.2. The van der Waals surface area contributed by atoms with Crippen LogP contribution in [0.3, 0.4) is 0 Å². The molecule has 1 aliphatic heterocycles. The fourth-order valence-corrected chi connectivity index (χ4v) is 3.03. The number of nitrogens with zero attached hydrogens (tertiary/aromatic N) is 1. The van der Waals surface area contributed by atoms with Crippen LogP contribution in [0.1, 0.15) is 46.0 Å². The average Bonchev–Trinajstić information content (AvgIpc) is 2.60. The monoisotopic (exact) mass is 389 g/mol. The van der Waals surface area contributed by atoms with E-state index in [0.29, 0.717) is 18.4 Å². The first kappa shape index (κ1) is 22.4. The first-order valence-corrected chi connectivity index (χ1v) is 9.64. The van der Waals surface area contributed by atoms with Gasteiger partial charge in [-0.2, -0.15) is 0 Å². The third-order valence-corrected chi connectivity index (χ3v) is 4.79. The summed E-state index contributed by atoms with van der Waals surface area (Å²) in [5.74, 6) is -1.22. The van der Waals surface area contributed by atoms with E-state index in [2.05, 4.69) is 14.4 Å². The minimum absolute atomic E-state index is 0.00771. The minimum Gasteiger partial charge on any atom is -0.464 e. The summed E-state index contributed by atoms with van der Waals surface area (Å²) in [6.07, 6.45) is 3.62. The predicted octanol–water partition coefficient (Wildman–Crippen LogP) is 2.14. The van der Waals surface area contributed by atoms with Gasteiger partial charge >= 0.3 is 17.2 Å². The molecular weight excluding hydrogens is 362 g/mol. The Kier molecular flexibility index (Phi) is 11.0. The number of thioether (sulfide) groups is 1.